The molecule has 2 saturated heterocycles. The van der Waals surface area contributed by atoms with Gasteiger partial charge in [-0.3, -0.25) is 9.59 Å². The summed E-state index contributed by atoms with van der Waals surface area (Å²) in [4.78, 5) is 27.3. The van der Waals surface area contributed by atoms with Crippen LogP contribution in [0, 0.1) is 0 Å². The van der Waals surface area contributed by atoms with Gasteiger partial charge in [-0.1, -0.05) is 36.8 Å². The van der Waals surface area contributed by atoms with Gasteiger partial charge in [0.25, 0.3) is 11.7 Å². The number of aliphatic hydroxyl groups excluding tert-OH is 1. The van der Waals surface area contributed by atoms with Crippen molar-refractivity contribution in [2.45, 2.75) is 30.2 Å². The number of benzene rings is 2. The largest absolute Gasteiger partial charge is 0.507 e. The molecule has 8 nitrogen and oxygen atoms in total. The maximum absolute atomic E-state index is 13.0. The summed E-state index contributed by atoms with van der Waals surface area (Å²) >= 11 is 0. The molecule has 0 spiro atoms. The van der Waals surface area contributed by atoms with E-state index in [1.54, 1.807) is 24.3 Å². The number of nitrogens with zero attached hydrogens (tertiary/aromatic N) is 2. The number of likely N-dealkylation sites (tertiary alicyclic amines) is 1. The summed E-state index contributed by atoms with van der Waals surface area (Å²) in [6, 6.07) is 14.0. The summed E-state index contributed by atoms with van der Waals surface area (Å²) < 4.78 is 32.4. The van der Waals surface area contributed by atoms with E-state index in [9.17, 15) is 23.1 Å². The van der Waals surface area contributed by atoms with Gasteiger partial charge in [0.2, 0.25) is 10.0 Å². The number of ketones is 1. The summed E-state index contributed by atoms with van der Waals surface area (Å²) in [7, 11) is -2.12. The molecule has 2 fully saturated rings. The van der Waals surface area contributed by atoms with Gasteiger partial charge in [-0.2, -0.15) is 4.31 Å². The zero-order chi connectivity index (χ0) is 24.3. The van der Waals surface area contributed by atoms with Crippen LogP contribution in [-0.2, 0) is 24.3 Å². The smallest absolute Gasteiger partial charge is 0.295 e. The lowest BCUT2D eigenvalue weighted by molar-refractivity contribution is -0.140. The third-order valence-electron chi connectivity index (χ3n) is 6.27. The van der Waals surface area contributed by atoms with Gasteiger partial charge in [-0.15, -0.1) is 0 Å². The summed E-state index contributed by atoms with van der Waals surface area (Å²) in [5.74, 6) is -1.83. The summed E-state index contributed by atoms with van der Waals surface area (Å²) in [5, 5.41) is 11.1. The highest BCUT2D eigenvalue weighted by Crippen LogP contribution is 2.39. The molecule has 0 saturated carbocycles. The van der Waals surface area contributed by atoms with E-state index in [1.807, 2.05) is 6.07 Å². The van der Waals surface area contributed by atoms with Crippen LogP contribution in [-0.4, -0.2) is 67.8 Å². The van der Waals surface area contributed by atoms with Crippen LogP contribution in [0.5, 0.6) is 0 Å². The molecule has 2 aromatic carbocycles. The van der Waals surface area contributed by atoms with Crippen molar-refractivity contribution in [1.29, 1.82) is 0 Å². The number of hydrogen-bond donors (Lipinski definition) is 1. The SMILES string of the molecule is COCCN1C(=O)C(=O)/C(=C(/O)c2ccc(S(=O)(=O)N3CCCCC3)cc2)C1c1ccccc1. The Kier molecular flexibility index (Phi) is 7.16. The molecule has 0 radical (unpaired) electrons. The minimum absolute atomic E-state index is 0.0288. The lowest BCUT2D eigenvalue weighted by Gasteiger charge is -2.26. The maximum Gasteiger partial charge on any atom is 0.295 e. The first-order valence-corrected chi connectivity index (χ1v) is 12.7. The van der Waals surface area contributed by atoms with Gasteiger partial charge in [0, 0.05) is 32.3 Å². The predicted octanol–water partition coefficient (Wildman–Crippen LogP) is 2.93. The Balaban J connectivity index is 1.72. The number of Topliss-reactive ketones (excluding diaryl/α,β-unsaturated/α-hetero) is 1. The number of rotatable bonds is 7. The number of sulfonamides is 1. The molecule has 9 heteroatoms. The molecule has 1 atom stereocenters. The van der Waals surface area contributed by atoms with Crippen LogP contribution in [0.2, 0.25) is 0 Å². The molecule has 1 unspecified atom stereocenters. The summed E-state index contributed by atoms with van der Waals surface area (Å²) in [6.45, 7) is 1.40. The number of carbonyl (C=O) groups is 2. The fraction of sp³-hybridized carbons (Fsp3) is 0.360. The average molecular weight is 485 g/mol. The van der Waals surface area contributed by atoms with E-state index < -0.39 is 27.8 Å². The minimum Gasteiger partial charge on any atom is -0.507 e. The fourth-order valence-corrected chi connectivity index (χ4v) is 5.99. The van der Waals surface area contributed by atoms with Crippen LogP contribution in [0.1, 0.15) is 36.4 Å². The van der Waals surface area contributed by atoms with Crippen molar-refractivity contribution in [1.82, 2.24) is 9.21 Å². The van der Waals surface area contributed by atoms with E-state index in [0.717, 1.165) is 19.3 Å². The maximum atomic E-state index is 13.0. The number of ether oxygens (including phenoxy) is 1. The van der Waals surface area contributed by atoms with E-state index >= 15 is 0 Å². The van der Waals surface area contributed by atoms with Crippen molar-refractivity contribution in [3.05, 3.63) is 71.3 Å². The van der Waals surface area contributed by atoms with Gasteiger partial charge in [0.05, 0.1) is 23.1 Å². The van der Waals surface area contributed by atoms with Crippen LogP contribution >= 0.6 is 0 Å². The first-order chi connectivity index (χ1) is 16.4. The molecular formula is C25H28N2O6S. The van der Waals surface area contributed by atoms with Gasteiger partial charge in [-0.25, -0.2) is 8.42 Å². The second-order valence-electron chi connectivity index (χ2n) is 8.39. The van der Waals surface area contributed by atoms with Gasteiger partial charge in [0.1, 0.15) is 5.76 Å². The average Bonchev–Trinajstić information content (AvgIpc) is 3.13. The number of methoxy groups -OCH3 is 1. The molecule has 2 aliphatic rings. The Labute approximate surface area is 199 Å². The first kappa shape index (κ1) is 24.1. The lowest BCUT2D eigenvalue weighted by Crippen LogP contribution is -2.35. The molecule has 0 aliphatic carbocycles. The van der Waals surface area contributed by atoms with E-state index in [4.69, 9.17) is 4.74 Å². The van der Waals surface area contributed by atoms with Crippen molar-refractivity contribution in [3.8, 4) is 0 Å². The zero-order valence-electron chi connectivity index (χ0n) is 19.0. The van der Waals surface area contributed by atoms with Gasteiger partial charge in [0.15, 0.2) is 0 Å². The highest BCUT2D eigenvalue weighted by molar-refractivity contribution is 7.89. The van der Waals surface area contributed by atoms with E-state index in [0.29, 0.717) is 18.7 Å². The molecule has 2 aromatic rings. The molecule has 0 bridgehead atoms. The number of carbonyl (C=O) groups excluding carboxylic acids is 2. The number of aliphatic hydroxyl groups is 1. The van der Waals surface area contributed by atoms with E-state index in [-0.39, 0.29) is 34.9 Å². The first-order valence-electron chi connectivity index (χ1n) is 11.3. The Morgan fingerprint density at radius 3 is 2.26 bits per heavy atom. The molecule has 34 heavy (non-hydrogen) atoms. The number of hydrogen-bond acceptors (Lipinski definition) is 6. The molecule has 1 N–H and O–H groups in total. The van der Waals surface area contributed by atoms with Crippen LogP contribution in [0.15, 0.2) is 65.1 Å². The van der Waals surface area contributed by atoms with Gasteiger partial charge in [-0.05, 0) is 42.7 Å². The predicted molar refractivity (Wildman–Crippen MR) is 126 cm³/mol. The van der Waals surface area contributed by atoms with E-state index in [2.05, 4.69) is 0 Å². The normalized spacial score (nSPS) is 21.2. The Morgan fingerprint density at radius 1 is 1.00 bits per heavy atom. The standard InChI is InChI=1S/C25H28N2O6S/c1-33-17-16-27-22(18-8-4-2-5-9-18)21(24(29)25(27)30)23(28)19-10-12-20(13-11-19)34(31,32)26-14-6-3-7-15-26/h2,4-5,8-13,22,28H,3,6-7,14-17H2,1H3/b23-21+. The van der Waals surface area contributed by atoms with Crippen LogP contribution in [0.3, 0.4) is 0 Å². The third-order valence-corrected chi connectivity index (χ3v) is 8.19. The Hall–Kier alpha value is -3.01. The van der Waals surface area contributed by atoms with Crippen molar-refractivity contribution in [2.24, 2.45) is 0 Å². The summed E-state index contributed by atoms with van der Waals surface area (Å²) in [5.41, 5.74) is 0.922. The van der Waals surface area contributed by atoms with Crippen molar-refractivity contribution >= 4 is 27.5 Å². The molecule has 2 heterocycles. The van der Waals surface area contributed by atoms with Crippen molar-refractivity contribution < 1.29 is 27.9 Å². The monoisotopic (exact) mass is 484 g/mol. The highest BCUT2D eigenvalue weighted by Gasteiger charge is 2.45. The topological polar surface area (TPSA) is 104 Å². The quantitative estimate of drug-likeness (QED) is 0.368. The molecule has 180 valence electrons. The van der Waals surface area contributed by atoms with Crippen molar-refractivity contribution in [2.75, 3.05) is 33.4 Å². The second-order valence-corrected chi connectivity index (χ2v) is 10.3. The third kappa shape index (κ3) is 4.51. The lowest BCUT2D eigenvalue weighted by atomic mass is 9.95. The van der Waals surface area contributed by atoms with Gasteiger partial charge < -0.3 is 14.7 Å². The molecular weight excluding hydrogens is 456 g/mol. The highest BCUT2D eigenvalue weighted by atomic mass is 32.2. The molecule has 0 aromatic heterocycles. The van der Waals surface area contributed by atoms with Crippen molar-refractivity contribution in [3.63, 3.8) is 0 Å². The Morgan fingerprint density at radius 2 is 1.65 bits per heavy atom. The fourth-order valence-electron chi connectivity index (χ4n) is 4.48. The van der Waals surface area contributed by atoms with E-state index in [1.165, 1.54) is 40.6 Å². The van der Waals surface area contributed by atoms with Gasteiger partial charge >= 0.3 is 0 Å². The molecule has 1 amide bonds. The van der Waals surface area contributed by atoms with Crippen LogP contribution in [0.25, 0.3) is 5.76 Å². The second kappa shape index (κ2) is 10.1. The Bertz CT molecular complexity index is 1190. The minimum atomic E-state index is -3.62. The zero-order valence-corrected chi connectivity index (χ0v) is 19.8. The molecule has 4 rings (SSSR count). The molecule has 2 aliphatic heterocycles. The number of piperidine rings is 1. The summed E-state index contributed by atoms with van der Waals surface area (Å²) in [6.07, 6.45) is 2.69. The van der Waals surface area contributed by atoms with Crippen LogP contribution in [0.4, 0.5) is 0 Å². The van der Waals surface area contributed by atoms with Crippen LogP contribution < -0.4 is 0 Å². The number of amides is 1.